The Labute approximate surface area is 88.4 Å². The summed E-state index contributed by atoms with van der Waals surface area (Å²) in [7, 11) is 0. The molecule has 0 atom stereocenters. The van der Waals surface area contributed by atoms with E-state index in [0.29, 0.717) is 5.95 Å². The molecular formula is C10H15N3O2. The van der Waals surface area contributed by atoms with Gasteiger partial charge in [-0.1, -0.05) is 0 Å². The topological polar surface area (TPSA) is 69.5 Å². The smallest absolute Gasteiger partial charge is 0.225 e. The number of piperidine rings is 1. The summed E-state index contributed by atoms with van der Waals surface area (Å²) >= 11 is 0. The monoisotopic (exact) mass is 209 g/mol. The van der Waals surface area contributed by atoms with Gasteiger partial charge < -0.3 is 15.1 Å². The van der Waals surface area contributed by atoms with E-state index in [0.717, 1.165) is 31.5 Å². The summed E-state index contributed by atoms with van der Waals surface area (Å²) in [5.74, 6) is 0.680. The highest BCUT2D eigenvalue weighted by Gasteiger charge is 2.18. The third kappa shape index (κ3) is 2.43. The molecule has 1 aromatic heterocycles. The van der Waals surface area contributed by atoms with E-state index in [2.05, 4.69) is 9.97 Å². The fourth-order valence-electron chi connectivity index (χ4n) is 1.66. The average molecular weight is 209 g/mol. The van der Waals surface area contributed by atoms with Gasteiger partial charge in [0.25, 0.3) is 0 Å². The van der Waals surface area contributed by atoms with Gasteiger partial charge in [-0.3, -0.25) is 0 Å². The normalized spacial score (nSPS) is 18.1. The lowest BCUT2D eigenvalue weighted by Gasteiger charge is -2.29. The van der Waals surface area contributed by atoms with Crippen LogP contribution in [0.2, 0.25) is 0 Å². The Hall–Kier alpha value is -1.20. The van der Waals surface area contributed by atoms with E-state index in [9.17, 15) is 5.11 Å². The number of aromatic nitrogens is 2. The van der Waals surface area contributed by atoms with Gasteiger partial charge in [0.05, 0.1) is 12.7 Å². The minimum Gasteiger partial charge on any atom is -0.393 e. The molecule has 2 heterocycles. The largest absolute Gasteiger partial charge is 0.393 e. The van der Waals surface area contributed by atoms with Crippen molar-refractivity contribution >= 4 is 5.95 Å². The maximum atomic E-state index is 9.36. The van der Waals surface area contributed by atoms with Crippen molar-refractivity contribution in [3.8, 4) is 0 Å². The highest BCUT2D eigenvalue weighted by Crippen LogP contribution is 2.15. The Kier molecular flexibility index (Phi) is 3.13. The summed E-state index contributed by atoms with van der Waals surface area (Å²) in [5, 5.41) is 18.2. The lowest BCUT2D eigenvalue weighted by Crippen LogP contribution is -2.36. The van der Waals surface area contributed by atoms with Gasteiger partial charge >= 0.3 is 0 Å². The van der Waals surface area contributed by atoms with Crippen molar-refractivity contribution in [2.75, 3.05) is 18.0 Å². The second kappa shape index (κ2) is 4.55. The molecule has 1 fully saturated rings. The van der Waals surface area contributed by atoms with E-state index in [4.69, 9.17) is 5.11 Å². The van der Waals surface area contributed by atoms with Crippen LogP contribution >= 0.6 is 0 Å². The van der Waals surface area contributed by atoms with Gasteiger partial charge in [0.15, 0.2) is 0 Å². The first-order valence-corrected chi connectivity index (χ1v) is 5.14. The highest BCUT2D eigenvalue weighted by atomic mass is 16.3. The van der Waals surface area contributed by atoms with Gasteiger partial charge in [0, 0.05) is 31.0 Å². The molecule has 0 bridgehead atoms. The molecule has 0 aromatic carbocycles. The molecule has 82 valence electrons. The molecule has 5 heteroatoms. The lowest BCUT2D eigenvalue weighted by molar-refractivity contribution is 0.145. The summed E-state index contributed by atoms with van der Waals surface area (Å²) in [6.07, 6.45) is 4.62. The summed E-state index contributed by atoms with van der Waals surface area (Å²) in [5.41, 5.74) is 0.718. The van der Waals surface area contributed by atoms with Crippen LogP contribution in [0.15, 0.2) is 12.4 Å². The van der Waals surface area contributed by atoms with Gasteiger partial charge in [-0.15, -0.1) is 0 Å². The van der Waals surface area contributed by atoms with Gasteiger partial charge in [-0.2, -0.15) is 0 Å². The molecule has 0 saturated carbocycles. The van der Waals surface area contributed by atoms with Crippen LogP contribution in [0.4, 0.5) is 5.95 Å². The molecular weight excluding hydrogens is 194 g/mol. The van der Waals surface area contributed by atoms with Gasteiger partial charge in [0.1, 0.15) is 0 Å². The quantitative estimate of drug-likeness (QED) is 0.713. The number of rotatable bonds is 2. The maximum absolute atomic E-state index is 9.36. The van der Waals surface area contributed by atoms with Crippen molar-refractivity contribution < 1.29 is 10.2 Å². The predicted molar refractivity (Wildman–Crippen MR) is 55.4 cm³/mol. The second-order valence-electron chi connectivity index (χ2n) is 3.77. The molecule has 0 unspecified atom stereocenters. The molecule has 0 aliphatic carbocycles. The van der Waals surface area contributed by atoms with Crippen LogP contribution in [0.3, 0.4) is 0 Å². The van der Waals surface area contributed by atoms with Crippen molar-refractivity contribution in [1.82, 2.24) is 9.97 Å². The Morgan fingerprint density at radius 3 is 2.40 bits per heavy atom. The molecule has 5 nitrogen and oxygen atoms in total. The van der Waals surface area contributed by atoms with Crippen LogP contribution < -0.4 is 4.90 Å². The summed E-state index contributed by atoms with van der Waals surface area (Å²) in [4.78, 5) is 10.4. The second-order valence-corrected chi connectivity index (χ2v) is 3.77. The van der Waals surface area contributed by atoms with Crippen molar-refractivity contribution in [2.24, 2.45) is 0 Å². The summed E-state index contributed by atoms with van der Waals surface area (Å²) < 4.78 is 0. The van der Waals surface area contributed by atoms with Crippen LogP contribution in [-0.2, 0) is 6.61 Å². The van der Waals surface area contributed by atoms with Crippen molar-refractivity contribution in [3.05, 3.63) is 18.0 Å². The molecule has 2 rings (SSSR count). The number of aliphatic hydroxyl groups excluding tert-OH is 2. The standard InChI is InChI=1S/C10H15N3O2/c14-7-8-5-11-10(12-6-8)13-3-1-9(15)2-4-13/h5-6,9,14-15H,1-4,7H2. The number of nitrogens with zero attached hydrogens (tertiary/aromatic N) is 3. The summed E-state index contributed by atoms with van der Waals surface area (Å²) in [6.45, 7) is 1.55. The minimum absolute atomic E-state index is 0.0288. The maximum Gasteiger partial charge on any atom is 0.225 e. The number of hydrogen-bond donors (Lipinski definition) is 2. The first-order valence-electron chi connectivity index (χ1n) is 5.14. The van der Waals surface area contributed by atoms with Gasteiger partial charge in [-0.25, -0.2) is 9.97 Å². The Morgan fingerprint density at radius 2 is 1.87 bits per heavy atom. The van der Waals surface area contributed by atoms with Gasteiger partial charge in [-0.05, 0) is 12.8 Å². The predicted octanol–water partition coefficient (Wildman–Crippen LogP) is -0.0700. The van der Waals surface area contributed by atoms with Crippen LogP contribution in [0.1, 0.15) is 18.4 Å². The molecule has 1 saturated heterocycles. The van der Waals surface area contributed by atoms with Crippen LogP contribution in [0.5, 0.6) is 0 Å². The highest BCUT2D eigenvalue weighted by molar-refractivity contribution is 5.30. The van der Waals surface area contributed by atoms with Crippen molar-refractivity contribution in [2.45, 2.75) is 25.6 Å². The molecule has 0 radical (unpaired) electrons. The minimum atomic E-state index is -0.182. The molecule has 15 heavy (non-hydrogen) atoms. The van der Waals surface area contributed by atoms with Crippen molar-refractivity contribution in [3.63, 3.8) is 0 Å². The molecule has 0 amide bonds. The zero-order valence-electron chi connectivity index (χ0n) is 8.50. The van der Waals surface area contributed by atoms with E-state index >= 15 is 0 Å². The third-order valence-corrected chi connectivity index (χ3v) is 2.62. The first kappa shape index (κ1) is 10.3. The summed E-state index contributed by atoms with van der Waals surface area (Å²) in [6, 6.07) is 0. The van der Waals surface area contributed by atoms with E-state index in [1.807, 2.05) is 4.90 Å². The third-order valence-electron chi connectivity index (χ3n) is 2.62. The average Bonchev–Trinajstić information content (AvgIpc) is 2.30. The zero-order valence-corrected chi connectivity index (χ0v) is 8.50. The zero-order chi connectivity index (χ0) is 10.7. The number of aliphatic hydroxyl groups is 2. The van der Waals surface area contributed by atoms with E-state index in [-0.39, 0.29) is 12.7 Å². The number of hydrogen-bond acceptors (Lipinski definition) is 5. The Morgan fingerprint density at radius 1 is 1.27 bits per heavy atom. The first-order chi connectivity index (χ1) is 7.29. The van der Waals surface area contributed by atoms with Gasteiger partial charge in [0.2, 0.25) is 5.95 Å². The van der Waals surface area contributed by atoms with E-state index < -0.39 is 0 Å². The Bertz CT molecular complexity index is 307. The molecule has 1 aliphatic rings. The molecule has 1 aliphatic heterocycles. The molecule has 0 spiro atoms. The lowest BCUT2D eigenvalue weighted by atomic mass is 10.1. The van der Waals surface area contributed by atoms with Crippen LogP contribution in [-0.4, -0.2) is 39.4 Å². The Balaban J connectivity index is 2.03. The SMILES string of the molecule is OCc1cnc(N2CCC(O)CC2)nc1. The van der Waals surface area contributed by atoms with Crippen molar-refractivity contribution in [1.29, 1.82) is 0 Å². The van der Waals surface area contributed by atoms with E-state index in [1.165, 1.54) is 0 Å². The van der Waals surface area contributed by atoms with Crippen LogP contribution in [0.25, 0.3) is 0 Å². The van der Waals surface area contributed by atoms with E-state index in [1.54, 1.807) is 12.4 Å². The fraction of sp³-hybridized carbons (Fsp3) is 0.600. The fourth-order valence-corrected chi connectivity index (χ4v) is 1.66. The number of anilines is 1. The van der Waals surface area contributed by atoms with Crippen LogP contribution in [0, 0.1) is 0 Å². The molecule has 2 N–H and O–H groups in total. The molecule has 1 aromatic rings.